The minimum Gasteiger partial charge on any atom is -0.268 e. The molecule has 0 atom stereocenters. The number of aromatic amines is 2. The van der Waals surface area contributed by atoms with E-state index in [0.29, 0.717) is 0 Å². The summed E-state index contributed by atoms with van der Waals surface area (Å²) in [5.41, 5.74) is 0.513. The van der Waals surface area contributed by atoms with Gasteiger partial charge in [-0.3, -0.25) is 19.2 Å². The summed E-state index contributed by atoms with van der Waals surface area (Å²) in [6.45, 7) is 0. The van der Waals surface area contributed by atoms with Crippen molar-refractivity contribution in [1.82, 2.24) is 41.2 Å². The van der Waals surface area contributed by atoms with Crippen LogP contribution in [-0.4, -0.2) is 64.9 Å². The number of aromatic nitrogens is 8. The molecule has 14 nitrogen and oxygen atoms in total. The zero-order chi connectivity index (χ0) is 20.6. The lowest BCUT2D eigenvalue weighted by Crippen LogP contribution is -2.44. The molecule has 0 fully saturated rings. The Morgan fingerprint density at radius 1 is 0.567 bits per heavy atom. The van der Waals surface area contributed by atoms with E-state index < -0.39 is 23.6 Å². The Morgan fingerprint density at radius 3 is 1.17 bits per heavy atom. The van der Waals surface area contributed by atoms with Gasteiger partial charge in [0.25, 0.3) is 35.5 Å². The van der Waals surface area contributed by atoms with Crippen LogP contribution in [0.2, 0.25) is 0 Å². The lowest BCUT2D eigenvalue weighted by atomic mass is 9.86. The van der Waals surface area contributed by atoms with Crippen molar-refractivity contribution in [2.24, 2.45) is 0 Å². The first-order chi connectivity index (χ1) is 14.6. The van der Waals surface area contributed by atoms with Gasteiger partial charge in [-0.05, 0) is 34.7 Å². The van der Waals surface area contributed by atoms with Crippen LogP contribution in [-0.2, 0) is 0 Å². The second kappa shape index (κ2) is 5.34. The largest absolute Gasteiger partial charge is 0.279 e. The van der Waals surface area contributed by atoms with Crippen LogP contribution in [0.5, 0.6) is 0 Å². The molecular weight excluding hydrogens is 396 g/mol. The average molecular weight is 402 g/mol. The third kappa shape index (κ3) is 1.81. The minimum atomic E-state index is -0.696. The van der Waals surface area contributed by atoms with Crippen LogP contribution in [0.25, 0.3) is 10.8 Å². The van der Waals surface area contributed by atoms with Crippen LogP contribution in [0.4, 0.5) is 11.9 Å². The number of amides is 4. The third-order valence-electron chi connectivity index (χ3n) is 4.96. The molecule has 144 valence electrons. The molecule has 0 saturated carbocycles. The number of imide groups is 2. The normalized spacial score (nSPS) is 15.5. The second-order valence-electron chi connectivity index (χ2n) is 6.39. The summed E-state index contributed by atoms with van der Waals surface area (Å²) >= 11 is 0. The topological polar surface area (TPSA) is 184 Å². The Bertz CT molecular complexity index is 1250. The maximum atomic E-state index is 13.0. The molecule has 2 N–H and O–H groups in total. The van der Waals surface area contributed by atoms with E-state index >= 15 is 0 Å². The zero-order valence-corrected chi connectivity index (χ0v) is 14.5. The quantitative estimate of drug-likeness (QED) is 0.413. The molecule has 0 bridgehead atoms. The molecule has 14 heteroatoms. The maximum Gasteiger partial charge on any atom is 0.279 e. The van der Waals surface area contributed by atoms with Gasteiger partial charge in [0.15, 0.2) is 0 Å². The summed E-state index contributed by atoms with van der Waals surface area (Å²) in [5.74, 6) is -3.20. The Balaban J connectivity index is 1.63. The minimum absolute atomic E-state index is 0.128. The van der Waals surface area contributed by atoms with Gasteiger partial charge in [-0.2, -0.15) is 10.4 Å². The number of carbonyl (C=O) groups excluding carboxylic acids is 4. The van der Waals surface area contributed by atoms with Gasteiger partial charge in [0.2, 0.25) is 0 Å². The second-order valence-corrected chi connectivity index (χ2v) is 6.39. The maximum absolute atomic E-state index is 13.0. The summed E-state index contributed by atoms with van der Waals surface area (Å²) in [6, 6.07) is 5.65. The van der Waals surface area contributed by atoms with Crippen LogP contribution >= 0.6 is 0 Å². The van der Waals surface area contributed by atoms with Gasteiger partial charge in [0.1, 0.15) is 0 Å². The van der Waals surface area contributed by atoms with Gasteiger partial charge in [-0.25, -0.2) is 9.80 Å². The summed E-state index contributed by atoms with van der Waals surface area (Å²) in [6.07, 6.45) is 0. The van der Waals surface area contributed by atoms with Crippen LogP contribution in [0.1, 0.15) is 41.4 Å². The number of anilines is 2. The Labute approximate surface area is 163 Å². The molecule has 0 spiro atoms. The molecule has 2 aromatic carbocycles. The summed E-state index contributed by atoms with van der Waals surface area (Å²) in [4.78, 5) is 53.7. The lowest BCUT2D eigenvalue weighted by Gasteiger charge is -2.29. The van der Waals surface area contributed by atoms with E-state index in [4.69, 9.17) is 0 Å². The highest BCUT2D eigenvalue weighted by Gasteiger charge is 2.42. The molecule has 4 amide bonds. The summed E-state index contributed by atoms with van der Waals surface area (Å²) in [5, 5.41) is 26.4. The highest BCUT2D eigenvalue weighted by atomic mass is 16.2. The summed E-state index contributed by atoms with van der Waals surface area (Å²) in [7, 11) is 0. The molecule has 2 aliphatic rings. The van der Waals surface area contributed by atoms with Crippen molar-refractivity contribution >= 4 is 46.3 Å². The van der Waals surface area contributed by atoms with E-state index in [1.807, 2.05) is 0 Å². The van der Waals surface area contributed by atoms with Crippen molar-refractivity contribution in [3.8, 4) is 0 Å². The summed E-state index contributed by atoms with van der Waals surface area (Å²) < 4.78 is 0. The van der Waals surface area contributed by atoms with E-state index in [-0.39, 0.29) is 44.9 Å². The van der Waals surface area contributed by atoms with E-state index in [9.17, 15) is 19.2 Å². The van der Waals surface area contributed by atoms with Gasteiger partial charge < -0.3 is 0 Å². The molecule has 4 aromatic rings. The van der Waals surface area contributed by atoms with Crippen LogP contribution < -0.4 is 9.80 Å². The molecule has 2 aromatic heterocycles. The fraction of sp³-hybridized carbons (Fsp3) is 0. The number of hydrogen-bond acceptors (Lipinski definition) is 10. The molecule has 2 aliphatic heterocycles. The molecule has 0 aliphatic carbocycles. The number of rotatable bonds is 2. The smallest absolute Gasteiger partial charge is 0.268 e. The number of nitrogens with zero attached hydrogens (tertiary/aromatic N) is 8. The average Bonchev–Trinajstić information content (AvgIpc) is 3.45. The SMILES string of the molecule is O=C1c2ccc3c4c(ccc(c24)C(=O)N1c1nn[nH]n1)C(=O)N(c1nn[nH]n1)C3=O. The molecule has 30 heavy (non-hydrogen) atoms. The van der Waals surface area contributed by atoms with E-state index in [0.717, 1.165) is 9.80 Å². The highest BCUT2D eigenvalue weighted by Crippen LogP contribution is 2.38. The van der Waals surface area contributed by atoms with Crippen molar-refractivity contribution in [2.75, 3.05) is 9.80 Å². The first kappa shape index (κ1) is 16.1. The van der Waals surface area contributed by atoms with Gasteiger partial charge >= 0.3 is 0 Å². The Kier molecular flexibility index (Phi) is 2.87. The number of tetrazole rings is 2. The number of carbonyl (C=O) groups is 4. The van der Waals surface area contributed by atoms with Crippen molar-refractivity contribution in [1.29, 1.82) is 0 Å². The number of hydrogen-bond donors (Lipinski definition) is 2. The predicted molar refractivity (Wildman–Crippen MR) is 94.6 cm³/mol. The number of benzene rings is 2. The molecular formula is C16H6N10O4. The lowest BCUT2D eigenvalue weighted by molar-refractivity contribution is 0.0870. The molecule has 0 radical (unpaired) electrons. The van der Waals surface area contributed by atoms with E-state index in [1.54, 1.807) is 0 Å². The van der Waals surface area contributed by atoms with Gasteiger partial charge in [-0.15, -0.1) is 10.2 Å². The van der Waals surface area contributed by atoms with Crippen molar-refractivity contribution in [2.45, 2.75) is 0 Å². The van der Waals surface area contributed by atoms with E-state index in [2.05, 4.69) is 41.2 Å². The van der Waals surface area contributed by atoms with Gasteiger partial charge in [0, 0.05) is 33.0 Å². The highest BCUT2D eigenvalue weighted by molar-refractivity contribution is 6.41. The number of H-pyrrole nitrogens is 2. The Hall–Kier alpha value is -4.88. The van der Waals surface area contributed by atoms with Crippen LogP contribution in [0.15, 0.2) is 24.3 Å². The third-order valence-corrected chi connectivity index (χ3v) is 4.96. The molecule has 6 rings (SSSR count). The predicted octanol–water partition coefficient (Wildman–Crippen LogP) is -0.533. The van der Waals surface area contributed by atoms with Gasteiger partial charge in [0.05, 0.1) is 0 Å². The van der Waals surface area contributed by atoms with Crippen molar-refractivity contribution in [3.63, 3.8) is 0 Å². The molecule has 0 unspecified atom stereocenters. The standard InChI is InChI=1S/C16H6N10O4/c27-11-5-1-2-6-10-8(14(30)26(12(6)28)16-19-23-24-20-16)4-3-7(9(5)10)13(29)25(11)15-17-21-22-18-15/h1-4H,(H,17,18,21,22)(H,19,20,23,24). The van der Waals surface area contributed by atoms with E-state index in [1.165, 1.54) is 24.3 Å². The first-order valence-corrected chi connectivity index (χ1v) is 8.42. The Morgan fingerprint density at radius 2 is 0.900 bits per heavy atom. The van der Waals surface area contributed by atoms with Crippen molar-refractivity contribution in [3.05, 3.63) is 46.5 Å². The monoisotopic (exact) mass is 402 g/mol. The molecule has 0 saturated heterocycles. The molecule has 4 heterocycles. The van der Waals surface area contributed by atoms with Crippen LogP contribution in [0, 0.1) is 0 Å². The van der Waals surface area contributed by atoms with Crippen molar-refractivity contribution < 1.29 is 19.2 Å². The first-order valence-electron chi connectivity index (χ1n) is 8.42. The fourth-order valence-corrected chi connectivity index (χ4v) is 3.74. The zero-order valence-electron chi connectivity index (χ0n) is 14.5. The van der Waals surface area contributed by atoms with Crippen LogP contribution in [0.3, 0.4) is 0 Å². The van der Waals surface area contributed by atoms with Gasteiger partial charge in [-0.1, -0.05) is 10.2 Å². The fourth-order valence-electron chi connectivity index (χ4n) is 3.74. The number of nitrogens with one attached hydrogen (secondary N) is 2.